The number of alkyl carbamates (subject to hydrolysis) is 1. The summed E-state index contributed by atoms with van der Waals surface area (Å²) < 4.78 is 81.6. The van der Waals surface area contributed by atoms with E-state index >= 15 is 0 Å². The molecule has 0 aromatic carbocycles. The van der Waals surface area contributed by atoms with Crippen LogP contribution in [0.25, 0.3) is 0 Å². The van der Waals surface area contributed by atoms with Gasteiger partial charge < -0.3 is 98.2 Å². The molecule has 6 heterocycles. The molecule has 0 aliphatic carbocycles. The van der Waals surface area contributed by atoms with E-state index in [0.717, 1.165) is 0 Å². The molecule has 0 spiro atoms. The number of ether oxygens (including phenoxy) is 14. The lowest BCUT2D eigenvalue weighted by Gasteiger charge is -2.31. The molecule has 6 aliphatic heterocycles. The number of esters is 1. The molecule has 0 unspecified atom stereocenters. The van der Waals surface area contributed by atoms with Crippen molar-refractivity contribution in [1.82, 2.24) is 31.9 Å². The zero-order valence-corrected chi connectivity index (χ0v) is 45.1. The second-order valence-electron chi connectivity index (χ2n) is 21.4. The molecule has 0 bridgehead atoms. The van der Waals surface area contributed by atoms with Gasteiger partial charge in [0.2, 0.25) is 29.5 Å². The third-order valence-electron chi connectivity index (χ3n) is 12.9. The standard InChI is InChI=1S/C48H78N6O21/c1-45(2,3)75-44(61)51-19-16-28(57)53-24(33-36(64-12)39-42(67-33)73-47(6,7)70-39)21-30(59)49-17-14-26(55)52-23(32-35(63-11)38-41(66-32)72-46(4,5)69-38)20-29(58)50-18-15-27(56)54-25(22-31(60)62-10)34-37(65-13)40-43(68-34)74-48(8,9)71-40/h23-25,32-43H,14-22H2,1-13H3,(H,49,59)(H,50,58)(H,51,61)(H,52,55)(H,53,57)(H,54,56)/t23-,24-,25-,32-,33-,34-,35-,36-,37-,38-,39-,40-,41-,42-,43-/m1/s1. The first-order valence-electron chi connectivity index (χ1n) is 25.2. The molecule has 426 valence electrons. The zero-order chi connectivity index (χ0) is 55.2. The number of nitrogens with one attached hydrogen (secondary N) is 6. The molecule has 6 fully saturated rings. The van der Waals surface area contributed by atoms with Gasteiger partial charge in [-0.3, -0.25) is 28.8 Å². The number of hydrogen-bond donors (Lipinski definition) is 6. The van der Waals surface area contributed by atoms with E-state index in [0.29, 0.717) is 0 Å². The normalized spacial score (nSPS) is 32.0. The average Bonchev–Trinajstić information content (AvgIpc) is 4.11. The first-order valence-corrected chi connectivity index (χ1v) is 25.2. The molecule has 6 saturated heterocycles. The minimum atomic E-state index is -1.03. The highest BCUT2D eigenvalue weighted by atomic mass is 16.9. The lowest BCUT2D eigenvalue weighted by Crippen LogP contribution is -2.53. The number of hydrogen-bond acceptors (Lipinski definition) is 21. The number of rotatable bonds is 24. The van der Waals surface area contributed by atoms with Crippen LogP contribution in [0.4, 0.5) is 4.79 Å². The van der Waals surface area contributed by atoms with Crippen LogP contribution >= 0.6 is 0 Å². The van der Waals surface area contributed by atoms with Gasteiger partial charge in [0, 0.05) is 73.1 Å². The number of methoxy groups -OCH3 is 4. The van der Waals surface area contributed by atoms with E-state index in [9.17, 15) is 33.6 Å². The van der Waals surface area contributed by atoms with Gasteiger partial charge in [0.25, 0.3) is 0 Å². The highest BCUT2D eigenvalue weighted by molar-refractivity contribution is 5.83. The maximum atomic E-state index is 13.7. The molecule has 6 aliphatic rings. The van der Waals surface area contributed by atoms with Gasteiger partial charge in [0.1, 0.15) is 60.5 Å². The molecule has 27 nitrogen and oxygen atoms in total. The number of carbonyl (C=O) groups is 7. The van der Waals surface area contributed by atoms with Gasteiger partial charge in [0.05, 0.1) is 31.7 Å². The van der Waals surface area contributed by atoms with Crippen LogP contribution in [0.2, 0.25) is 0 Å². The monoisotopic (exact) mass is 1070 g/mol. The largest absolute Gasteiger partial charge is 0.469 e. The smallest absolute Gasteiger partial charge is 0.407 e. The summed E-state index contributed by atoms with van der Waals surface area (Å²) in [6.07, 6.45) is -11.7. The van der Waals surface area contributed by atoms with Crippen molar-refractivity contribution in [2.24, 2.45) is 0 Å². The van der Waals surface area contributed by atoms with Crippen LogP contribution in [0, 0.1) is 0 Å². The minimum Gasteiger partial charge on any atom is -0.469 e. The van der Waals surface area contributed by atoms with E-state index < -0.39 is 156 Å². The molecular formula is C48H78N6O21. The third kappa shape index (κ3) is 16.1. The highest BCUT2D eigenvalue weighted by Crippen LogP contribution is 2.42. The first kappa shape index (κ1) is 59.8. The van der Waals surface area contributed by atoms with E-state index in [1.165, 1.54) is 28.4 Å². The van der Waals surface area contributed by atoms with Crippen molar-refractivity contribution in [3.63, 3.8) is 0 Å². The SMILES string of the molecule is COC(=O)C[C@@H](NC(=O)CCNC(=O)C[C@@H](NC(=O)CCNC(=O)C[C@@H](NC(=O)CCNC(=O)OC(C)(C)C)[C@H]1O[C@@H]2OC(C)(C)O[C@@H]2[C@@H]1OC)[C@H]1O[C@@H]2OC(C)(C)O[C@@H]2[C@@H]1OC)[C@H]1O[C@@H]2OC(C)(C)O[C@@H]2[C@@H]1OC. The summed E-state index contributed by atoms with van der Waals surface area (Å²) in [6.45, 7) is 15.1. The Morgan fingerprint density at radius 1 is 0.467 bits per heavy atom. The lowest BCUT2D eigenvalue weighted by molar-refractivity contribution is -0.220. The minimum absolute atomic E-state index is 0.0599. The topological polar surface area (TPSA) is 321 Å². The van der Waals surface area contributed by atoms with Crippen LogP contribution in [0.1, 0.15) is 101 Å². The Bertz CT molecular complexity index is 2040. The summed E-state index contributed by atoms with van der Waals surface area (Å²) in [6, 6.07) is -2.92. The van der Waals surface area contributed by atoms with Gasteiger partial charge in [-0.05, 0) is 62.3 Å². The zero-order valence-electron chi connectivity index (χ0n) is 45.1. The number of amides is 6. The number of fused-ring (bicyclic) bond motifs is 3. The first-order chi connectivity index (χ1) is 35.1. The van der Waals surface area contributed by atoms with Crippen molar-refractivity contribution in [2.75, 3.05) is 48.1 Å². The Balaban J connectivity index is 1.04. The van der Waals surface area contributed by atoms with Crippen molar-refractivity contribution in [3.8, 4) is 0 Å². The van der Waals surface area contributed by atoms with Gasteiger partial charge in [-0.1, -0.05) is 0 Å². The van der Waals surface area contributed by atoms with Crippen LogP contribution in [-0.4, -0.2) is 205 Å². The van der Waals surface area contributed by atoms with Crippen molar-refractivity contribution >= 4 is 41.6 Å². The van der Waals surface area contributed by atoms with Gasteiger partial charge in [-0.15, -0.1) is 0 Å². The van der Waals surface area contributed by atoms with Crippen LogP contribution in [0.15, 0.2) is 0 Å². The predicted octanol–water partition coefficient (Wildman–Crippen LogP) is -0.614. The average molecular weight is 1080 g/mol. The second kappa shape index (κ2) is 24.9. The summed E-state index contributed by atoms with van der Waals surface area (Å²) in [4.78, 5) is 92.1. The van der Waals surface area contributed by atoms with E-state index in [1.807, 2.05) is 0 Å². The van der Waals surface area contributed by atoms with Crippen LogP contribution < -0.4 is 31.9 Å². The molecule has 27 heteroatoms. The van der Waals surface area contributed by atoms with Crippen molar-refractivity contribution in [3.05, 3.63) is 0 Å². The van der Waals surface area contributed by atoms with Crippen molar-refractivity contribution < 1.29 is 99.9 Å². The maximum Gasteiger partial charge on any atom is 0.407 e. The van der Waals surface area contributed by atoms with E-state index in [-0.39, 0.29) is 58.2 Å². The summed E-state index contributed by atoms with van der Waals surface area (Å²) in [5.74, 6) is -6.24. The Hall–Kier alpha value is -4.39. The van der Waals surface area contributed by atoms with E-state index in [1.54, 1.807) is 62.3 Å². The third-order valence-corrected chi connectivity index (χ3v) is 12.9. The Morgan fingerprint density at radius 2 is 0.787 bits per heavy atom. The predicted molar refractivity (Wildman–Crippen MR) is 254 cm³/mol. The fraction of sp³-hybridized carbons (Fsp3) is 0.854. The Morgan fingerprint density at radius 3 is 1.09 bits per heavy atom. The summed E-state index contributed by atoms with van der Waals surface area (Å²) in [7, 11) is 5.56. The quantitative estimate of drug-likeness (QED) is 0.0657. The molecule has 0 radical (unpaired) electrons. The fourth-order valence-electron chi connectivity index (χ4n) is 9.90. The molecule has 6 rings (SSSR count). The summed E-state index contributed by atoms with van der Waals surface area (Å²) in [5, 5.41) is 16.4. The lowest BCUT2D eigenvalue weighted by atomic mass is 9.99. The van der Waals surface area contributed by atoms with E-state index in [2.05, 4.69) is 31.9 Å². The Labute approximate surface area is 436 Å². The van der Waals surface area contributed by atoms with Crippen LogP contribution in [0.3, 0.4) is 0 Å². The van der Waals surface area contributed by atoms with Gasteiger partial charge in [-0.25, -0.2) is 4.79 Å². The van der Waals surface area contributed by atoms with E-state index in [4.69, 9.17) is 66.3 Å². The molecule has 6 N–H and O–H groups in total. The van der Waals surface area contributed by atoms with Crippen molar-refractivity contribution in [1.29, 1.82) is 0 Å². The maximum absolute atomic E-state index is 13.7. The molecule has 15 atom stereocenters. The molecule has 0 aromatic rings. The Kier molecular flexibility index (Phi) is 19.9. The second-order valence-corrected chi connectivity index (χ2v) is 21.4. The highest BCUT2D eigenvalue weighted by Gasteiger charge is 2.60. The molecular weight excluding hydrogens is 997 g/mol. The van der Waals surface area contributed by atoms with Gasteiger partial charge in [0.15, 0.2) is 36.2 Å². The molecule has 75 heavy (non-hydrogen) atoms. The van der Waals surface area contributed by atoms with Crippen LogP contribution in [0.5, 0.6) is 0 Å². The van der Waals surface area contributed by atoms with Gasteiger partial charge in [-0.2, -0.15) is 0 Å². The number of carbonyl (C=O) groups excluding carboxylic acids is 7. The molecule has 0 saturated carbocycles. The molecule has 6 amide bonds. The van der Waals surface area contributed by atoms with Gasteiger partial charge >= 0.3 is 12.1 Å². The fourth-order valence-corrected chi connectivity index (χ4v) is 9.90. The van der Waals surface area contributed by atoms with Crippen molar-refractivity contribution in [2.45, 2.75) is 216 Å². The van der Waals surface area contributed by atoms with Crippen LogP contribution in [-0.2, 0) is 95.1 Å². The summed E-state index contributed by atoms with van der Waals surface area (Å²) in [5.41, 5.74) is -0.743. The summed E-state index contributed by atoms with van der Waals surface area (Å²) >= 11 is 0. The molecule has 0 aromatic heterocycles.